The standard InChI is InChI=1S/C7H9F3N2O2.2ClH/c8-7(9,10)6(14)12-3-1-2-4(12)5(11)13;;/h4H,1-3H2,(H2,11,13);2*1H. The van der Waals surface area contributed by atoms with E-state index in [0.717, 1.165) is 0 Å². The largest absolute Gasteiger partial charge is 0.471 e. The lowest BCUT2D eigenvalue weighted by atomic mass is 10.2. The summed E-state index contributed by atoms with van der Waals surface area (Å²) in [6.07, 6.45) is -4.36. The van der Waals surface area contributed by atoms with Crippen LogP contribution in [0.5, 0.6) is 0 Å². The van der Waals surface area contributed by atoms with Gasteiger partial charge in [0.1, 0.15) is 6.04 Å². The fourth-order valence-corrected chi connectivity index (χ4v) is 1.47. The first-order valence-electron chi connectivity index (χ1n) is 4.01. The molecule has 1 unspecified atom stereocenters. The van der Waals surface area contributed by atoms with E-state index in [-0.39, 0.29) is 37.8 Å². The van der Waals surface area contributed by atoms with E-state index in [2.05, 4.69) is 0 Å². The van der Waals surface area contributed by atoms with E-state index >= 15 is 0 Å². The number of nitrogens with zero attached hydrogens (tertiary/aromatic N) is 1. The summed E-state index contributed by atoms with van der Waals surface area (Å²) in [5.41, 5.74) is 4.87. The molecule has 4 nitrogen and oxygen atoms in total. The van der Waals surface area contributed by atoms with Crippen LogP contribution in [0.15, 0.2) is 0 Å². The summed E-state index contributed by atoms with van der Waals surface area (Å²) in [5.74, 6) is -2.88. The lowest BCUT2D eigenvalue weighted by Gasteiger charge is -2.22. The maximum absolute atomic E-state index is 12.0. The van der Waals surface area contributed by atoms with Crippen molar-refractivity contribution in [3.05, 3.63) is 0 Å². The highest BCUT2D eigenvalue weighted by Crippen LogP contribution is 2.25. The molecule has 16 heavy (non-hydrogen) atoms. The third kappa shape index (κ3) is 3.71. The van der Waals surface area contributed by atoms with Crippen LogP contribution < -0.4 is 5.73 Å². The molecule has 0 aromatic heterocycles. The number of carbonyl (C=O) groups is 2. The molecular formula is C7H11Cl2F3N2O2. The molecule has 1 saturated heterocycles. The fourth-order valence-electron chi connectivity index (χ4n) is 1.47. The average molecular weight is 283 g/mol. The Kier molecular flexibility index (Phi) is 6.80. The van der Waals surface area contributed by atoms with E-state index in [1.165, 1.54) is 0 Å². The molecule has 96 valence electrons. The van der Waals surface area contributed by atoms with Crippen molar-refractivity contribution in [1.82, 2.24) is 4.90 Å². The fraction of sp³-hybridized carbons (Fsp3) is 0.714. The highest BCUT2D eigenvalue weighted by atomic mass is 35.5. The zero-order valence-electron chi connectivity index (χ0n) is 7.99. The van der Waals surface area contributed by atoms with Crippen molar-refractivity contribution in [2.75, 3.05) is 6.54 Å². The molecule has 1 atom stereocenters. The van der Waals surface area contributed by atoms with Gasteiger partial charge in [0.15, 0.2) is 0 Å². The Balaban J connectivity index is 0. The number of alkyl halides is 3. The van der Waals surface area contributed by atoms with E-state index in [9.17, 15) is 22.8 Å². The summed E-state index contributed by atoms with van der Waals surface area (Å²) < 4.78 is 36.0. The number of primary amides is 1. The number of hydrogen-bond acceptors (Lipinski definition) is 2. The Bertz CT molecular complexity index is 273. The minimum atomic E-state index is -4.93. The Morgan fingerprint density at radius 3 is 2.12 bits per heavy atom. The van der Waals surface area contributed by atoms with Crippen LogP contribution in [-0.4, -0.2) is 35.5 Å². The Hall–Kier alpha value is -0.690. The van der Waals surface area contributed by atoms with Crippen LogP contribution in [-0.2, 0) is 9.59 Å². The highest BCUT2D eigenvalue weighted by molar-refractivity contribution is 5.89. The highest BCUT2D eigenvalue weighted by Gasteiger charge is 2.47. The second-order valence-corrected chi connectivity index (χ2v) is 3.06. The van der Waals surface area contributed by atoms with Gasteiger partial charge in [-0.15, -0.1) is 24.8 Å². The number of rotatable bonds is 1. The van der Waals surface area contributed by atoms with Crippen molar-refractivity contribution in [2.24, 2.45) is 5.73 Å². The van der Waals surface area contributed by atoms with Gasteiger partial charge in [-0.2, -0.15) is 13.2 Å². The molecule has 0 aliphatic carbocycles. The molecule has 0 spiro atoms. The predicted octanol–water partition coefficient (Wildman–Crippen LogP) is 0.869. The molecule has 9 heteroatoms. The molecule has 0 saturated carbocycles. The third-order valence-corrected chi connectivity index (χ3v) is 2.08. The number of halogens is 5. The van der Waals surface area contributed by atoms with Gasteiger partial charge in [0.2, 0.25) is 5.91 Å². The third-order valence-electron chi connectivity index (χ3n) is 2.08. The summed E-state index contributed by atoms with van der Waals surface area (Å²) in [4.78, 5) is 22.0. The second-order valence-electron chi connectivity index (χ2n) is 3.06. The van der Waals surface area contributed by atoms with Crippen molar-refractivity contribution in [3.8, 4) is 0 Å². The number of amides is 2. The minimum Gasteiger partial charge on any atom is -0.368 e. The van der Waals surface area contributed by atoms with Gasteiger partial charge < -0.3 is 10.6 Å². The normalized spacial score (nSPS) is 19.7. The van der Waals surface area contributed by atoms with Crippen LogP contribution in [0.4, 0.5) is 13.2 Å². The second kappa shape index (κ2) is 6.15. The topological polar surface area (TPSA) is 63.4 Å². The lowest BCUT2D eigenvalue weighted by Crippen LogP contribution is -2.48. The van der Waals surface area contributed by atoms with Crippen LogP contribution >= 0.6 is 24.8 Å². The quantitative estimate of drug-likeness (QED) is 0.776. The first-order chi connectivity index (χ1) is 6.34. The molecule has 2 amide bonds. The zero-order chi connectivity index (χ0) is 10.9. The van der Waals surface area contributed by atoms with Crippen molar-refractivity contribution in [2.45, 2.75) is 25.1 Å². The number of carbonyl (C=O) groups excluding carboxylic acids is 2. The SMILES string of the molecule is Cl.Cl.NC(=O)C1CCCN1C(=O)C(F)(F)F. The van der Waals surface area contributed by atoms with Gasteiger partial charge >= 0.3 is 12.1 Å². The molecule has 0 aromatic carbocycles. The molecule has 0 radical (unpaired) electrons. The van der Waals surface area contributed by atoms with Crippen LogP contribution in [0, 0.1) is 0 Å². The van der Waals surface area contributed by atoms with Crippen molar-refractivity contribution in [1.29, 1.82) is 0 Å². The summed E-state index contributed by atoms with van der Waals surface area (Å²) in [7, 11) is 0. The van der Waals surface area contributed by atoms with Crippen LogP contribution in [0.3, 0.4) is 0 Å². The summed E-state index contributed by atoms with van der Waals surface area (Å²) in [6, 6.07) is -1.11. The molecule has 1 rings (SSSR count). The Labute approximate surface area is 102 Å². The van der Waals surface area contributed by atoms with Gasteiger partial charge in [-0.3, -0.25) is 9.59 Å². The molecule has 2 N–H and O–H groups in total. The van der Waals surface area contributed by atoms with Crippen LogP contribution in [0.1, 0.15) is 12.8 Å². The molecule has 0 bridgehead atoms. The zero-order valence-corrected chi connectivity index (χ0v) is 9.62. The van der Waals surface area contributed by atoms with Crippen LogP contribution in [0.2, 0.25) is 0 Å². The molecule has 1 heterocycles. The lowest BCUT2D eigenvalue weighted by molar-refractivity contribution is -0.186. The van der Waals surface area contributed by atoms with Crippen molar-refractivity contribution >= 4 is 36.6 Å². The van der Waals surface area contributed by atoms with Crippen molar-refractivity contribution in [3.63, 3.8) is 0 Å². The summed E-state index contributed by atoms with van der Waals surface area (Å²) >= 11 is 0. The van der Waals surface area contributed by atoms with Gasteiger partial charge in [0.25, 0.3) is 0 Å². The monoisotopic (exact) mass is 282 g/mol. The van der Waals surface area contributed by atoms with E-state index in [1.807, 2.05) is 0 Å². The average Bonchev–Trinajstić information content (AvgIpc) is 2.48. The van der Waals surface area contributed by atoms with E-state index in [1.54, 1.807) is 0 Å². The van der Waals surface area contributed by atoms with Gasteiger partial charge in [0, 0.05) is 6.54 Å². The summed E-state index contributed by atoms with van der Waals surface area (Å²) in [5, 5.41) is 0. The van der Waals surface area contributed by atoms with Gasteiger partial charge in [-0.25, -0.2) is 0 Å². The van der Waals surface area contributed by atoms with Gasteiger partial charge in [-0.05, 0) is 12.8 Å². The first kappa shape index (κ1) is 17.7. The van der Waals surface area contributed by atoms with Gasteiger partial charge in [-0.1, -0.05) is 0 Å². The number of hydrogen-bond donors (Lipinski definition) is 1. The molecule has 1 fully saturated rings. The molecule has 0 aromatic rings. The van der Waals surface area contributed by atoms with Crippen LogP contribution in [0.25, 0.3) is 0 Å². The Morgan fingerprint density at radius 1 is 1.25 bits per heavy atom. The number of likely N-dealkylation sites (tertiary alicyclic amines) is 1. The van der Waals surface area contributed by atoms with Crippen molar-refractivity contribution < 1.29 is 22.8 Å². The minimum absolute atomic E-state index is 0. The Morgan fingerprint density at radius 2 is 1.75 bits per heavy atom. The van der Waals surface area contributed by atoms with E-state index < -0.39 is 24.0 Å². The van der Waals surface area contributed by atoms with E-state index in [0.29, 0.717) is 11.3 Å². The molecule has 1 aliphatic rings. The maximum Gasteiger partial charge on any atom is 0.471 e. The predicted molar refractivity (Wildman–Crippen MR) is 54.5 cm³/mol. The van der Waals surface area contributed by atoms with Gasteiger partial charge in [0.05, 0.1) is 0 Å². The smallest absolute Gasteiger partial charge is 0.368 e. The van der Waals surface area contributed by atoms with E-state index in [4.69, 9.17) is 5.73 Å². The molecule has 1 aliphatic heterocycles. The number of nitrogens with two attached hydrogens (primary N) is 1. The molecular weight excluding hydrogens is 272 g/mol. The summed E-state index contributed by atoms with van der Waals surface area (Å²) in [6.45, 7) is -0.0635. The first-order valence-corrected chi connectivity index (χ1v) is 4.01. The maximum atomic E-state index is 12.0.